The van der Waals surface area contributed by atoms with Crippen LogP contribution in [-0.4, -0.2) is 54.6 Å². The molecule has 0 radical (unpaired) electrons. The number of aliphatic imine (C=N–C) groups is 1. The van der Waals surface area contributed by atoms with E-state index in [0.717, 1.165) is 4.31 Å². The number of sulfonamides is 1. The quantitative estimate of drug-likeness (QED) is 0.680. The first-order valence-corrected chi connectivity index (χ1v) is 11.1. The number of nitrogens with zero attached hydrogens (tertiary/aromatic N) is 3. The zero-order valence-electron chi connectivity index (χ0n) is 14.9. The molecule has 0 spiro atoms. The lowest BCUT2D eigenvalue weighted by molar-refractivity contribution is 0.0823. The highest BCUT2D eigenvalue weighted by Crippen LogP contribution is 2.31. The lowest BCUT2D eigenvalue weighted by Crippen LogP contribution is -2.32. The largest absolute Gasteiger partial charge is 0.444 e. The minimum Gasteiger partial charge on any atom is -0.444 e. The first-order chi connectivity index (χ1) is 12.7. The summed E-state index contributed by atoms with van der Waals surface area (Å²) in [6, 6.07) is 9.62. The molecule has 144 valence electrons. The highest BCUT2D eigenvalue weighted by Gasteiger charge is 2.33. The number of thioether (sulfide) groups is 1. The summed E-state index contributed by atoms with van der Waals surface area (Å²) in [7, 11) is -0.604. The summed E-state index contributed by atoms with van der Waals surface area (Å²) in [6.07, 6.45) is 0. The Morgan fingerprint density at radius 3 is 2.70 bits per heavy atom. The summed E-state index contributed by atoms with van der Waals surface area (Å²) in [5, 5.41) is 0.680. The van der Waals surface area contributed by atoms with Crippen LogP contribution in [0.25, 0.3) is 0 Å². The van der Waals surface area contributed by atoms with Gasteiger partial charge in [0.1, 0.15) is 0 Å². The number of hydrogen-bond acceptors (Lipinski definition) is 6. The van der Waals surface area contributed by atoms with Gasteiger partial charge in [0.25, 0.3) is 5.91 Å². The van der Waals surface area contributed by atoms with Gasteiger partial charge < -0.3 is 4.42 Å². The molecule has 10 heteroatoms. The van der Waals surface area contributed by atoms with Crippen LogP contribution in [-0.2, 0) is 10.0 Å². The van der Waals surface area contributed by atoms with E-state index in [1.54, 1.807) is 29.2 Å². The fraction of sp³-hybridized carbons (Fsp3) is 0.294. The lowest BCUT2D eigenvalue weighted by Gasteiger charge is -2.15. The normalized spacial score (nSPS) is 19.2. The number of carbonyl (C=O) groups is 1. The highest BCUT2D eigenvalue weighted by atomic mass is 79.9. The van der Waals surface area contributed by atoms with Gasteiger partial charge in [0.2, 0.25) is 10.0 Å². The van der Waals surface area contributed by atoms with Crippen LogP contribution < -0.4 is 0 Å². The van der Waals surface area contributed by atoms with Crippen LogP contribution in [0, 0.1) is 0 Å². The van der Waals surface area contributed by atoms with Gasteiger partial charge in [-0.1, -0.05) is 24.8 Å². The molecule has 7 nitrogen and oxygen atoms in total. The number of benzene rings is 1. The predicted octanol–water partition coefficient (Wildman–Crippen LogP) is 3.56. The monoisotopic (exact) mass is 471 g/mol. The summed E-state index contributed by atoms with van der Waals surface area (Å²) in [5.41, 5.74) is 0.466. The molecule has 1 aromatic carbocycles. The van der Waals surface area contributed by atoms with Crippen LogP contribution in [0.4, 0.5) is 5.69 Å². The molecule has 0 aliphatic carbocycles. The molecule has 0 bridgehead atoms. The number of furan rings is 1. The molecule has 0 saturated carbocycles. The van der Waals surface area contributed by atoms with Gasteiger partial charge in [0.15, 0.2) is 15.6 Å². The second-order valence-electron chi connectivity index (χ2n) is 6.13. The van der Waals surface area contributed by atoms with Gasteiger partial charge >= 0.3 is 0 Å². The van der Waals surface area contributed by atoms with Gasteiger partial charge in [-0.15, -0.1) is 0 Å². The van der Waals surface area contributed by atoms with E-state index in [1.807, 2.05) is 6.92 Å². The molecule has 0 N–H and O–H groups in total. The molecule has 1 atom stereocenters. The molecule has 1 aromatic heterocycles. The Hall–Kier alpha value is -1.62. The summed E-state index contributed by atoms with van der Waals surface area (Å²) >= 11 is 4.65. The van der Waals surface area contributed by atoms with Crippen molar-refractivity contribution in [2.24, 2.45) is 4.99 Å². The number of rotatable bonds is 4. The van der Waals surface area contributed by atoms with Gasteiger partial charge in [-0.2, -0.15) is 0 Å². The molecular weight excluding hydrogens is 454 g/mol. The Bertz CT molecular complexity index is 1000. The second-order valence-corrected chi connectivity index (χ2v) is 10.5. The van der Waals surface area contributed by atoms with E-state index in [9.17, 15) is 13.2 Å². The summed E-state index contributed by atoms with van der Waals surface area (Å²) < 4.78 is 31.6. The Morgan fingerprint density at radius 2 is 2.07 bits per heavy atom. The molecule has 1 saturated heterocycles. The van der Waals surface area contributed by atoms with Crippen LogP contribution in [0.1, 0.15) is 17.5 Å². The maximum atomic E-state index is 12.7. The van der Waals surface area contributed by atoms with Gasteiger partial charge in [-0.05, 0) is 46.3 Å². The van der Waals surface area contributed by atoms with Crippen LogP contribution in [0.5, 0.6) is 0 Å². The Kier molecular flexibility index (Phi) is 5.80. The first kappa shape index (κ1) is 20.1. The van der Waals surface area contributed by atoms with Crippen molar-refractivity contribution in [3.05, 3.63) is 46.8 Å². The van der Waals surface area contributed by atoms with E-state index in [1.165, 1.54) is 38.0 Å². The molecule has 1 aliphatic rings. The molecule has 27 heavy (non-hydrogen) atoms. The van der Waals surface area contributed by atoms with E-state index in [2.05, 4.69) is 20.9 Å². The topological polar surface area (TPSA) is 83.2 Å². The number of halogens is 1. The summed E-state index contributed by atoms with van der Waals surface area (Å²) in [6.45, 7) is 2.49. The van der Waals surface area contributed by atoms with E-state index in [4.69, 9.17) is 4.42 Å². The predicted molar refractivity (Wildman–Crippen MR) is 109 cm³/mol. The number of carbonyl (C=O) groups excluding carboxylic acids is 1. The Labute approximate surface area is 170 Å². The SMILES string of the molecule is CC1CN(C(=O)c2ccc(Br)o2)C(=Nc2cccc(S(=O)(=O)N(C)C)c2)S1. The Morgan fingerprint density at radius 1 is 1.33 bits per heavy atom. The van der Waals surface area contributed by atoms with Crippen LogP contribution in [0.3, 0.4) is 0 Å². The number of amides is 1. The van der Waals surface area contributed by atoms with Gasteiger partial charge in [-0.25, -0.2) is 17.7 Å². The van der Waals surface area contributed by atoms with Crippen molar-refractivity contribution in [1.82, 2.24) is 9.21 Å². The fourth-order valence-corrected chi connectivity index (χ4v) is 4.74. The van der Waals surface area contributed by atoms with Crippen LogP contribution in [0.15, 0.2) is 55.4 Å². The highest BCUT2D eigenvalue weighted by molar-refractivity contribution is 9.10. The Balaban J connectivity index is 1.94. The summed E-state index contributed by atoms with van der Waals surface area (Å²) in [5.74, 6) is -0.0680. The summed E-state index contributed by atoms with van der Waals surface area (Å²) in [4.78, 5) is 19.0. The van der Waals surface area contributed by atoms with Gasteiger partial charge in [-0.3, -0.25) is 9.69 Å². The number of hydrogen-bond donors (Lipinski definition) is 0. The van der Waals surface area contributed by atoms with Crippen molar-refractivity contribution >= 4 is 54.5 Å². The molecule has 2 aromatic rings. The molecule has 1 aliphatic heterocycles. The molecule has 1 fully saturated rings. The van der Waals surface area contributed by atoms with Gasteiger partial charge in [0.05, 0.1) is 10.6 Å². The van der Waals surface area contributed by atoms with E-state index >= 15 is 0 Å². The van der Waals surface area contributed by atoms with Crippen molar-refractivity contribution in [2.45, 2.75) is 17.1 Å². The minimum absolute atomic E-state index is 0.151. The van der Waals surface area contributed by atoms with Crippen molar-refractivity contribution in [2.75, 3.05) is 20.6 Å². The van der Waals surface area contributed by atoms with Gasteiger partial charge in [0, 0.05) is 25.9 Å². The average Bonchev–Trinajstić information content (AvgIpc) is 3.20. The smallest absolute Gasteiger partial charge is 0.295 e. The van der Waals surface area contributed by atoms with E-state index in [0.29, 0.717) is 22.1 Å². The number of amidine groups is 1. The van der Waals surface area contributed by atoms with Crippen molar-refractivity contribution < 1.29 is 17.6 Å². The molecule has 1 unspecified atom stereocenters. The zero-order valence-corrected chi connectivity index (χ0v) is 18.1. The van der Waals surface area contributed by atoms with Crippen molar-refractivity contribution in [1.29, 1.82) is 0 Å². The maximum absolute atomic E-state index is 12.7. The van der Waals surface area contributed by atoms with Crippen molar-refractivity contribution in [3.8, 4) is 0 Å². The molecule has 2 heterocycles. The fourth-order valence-electron chi connectivity index (χ4n) is 2.47. The average molecular weight is 472 g/mol. The first-order valence-electron chi connectivity index (χ1n) is 8.03. The molecule has 3 rings (SSSR count). The third kappa shape index (κ3) is 4.29. The second kappa shape index (κ2) is 7.78. The van der Waals surface area contributed by atoms with Crippen LogP contribution >= 0.6 is 27.7 Å². The standard InChI is InChI=1S/C17H18BrN3O4S2/c1-11-10-21(16(22)14-7-8-15(18)25-14)17(26-11)19-12-5-4-6-13(9-12)27(23,24)20(2)3/h4-9,11H,10H2,1-3H3. The van der Waals surface area contributed by atoms with Crippen LogP contribution in [0.2, 0.25) is 0 Å². The van der Waals surface area contributed by atoms with E-state index in [-0.39, 0.29) is 21.8 Å². The lowest BCUT2D eigenvalue weighted by atomic mass is 10.3. The third-order valence-electron chi connectivity index (χ3n) is 3.83. The van der Waals surface area contributed by atoms with E-state index < -0.39 is 10.0 Å². The minimum atomic E-state index is -3.56. The third-order valence-corrected chi connectivity index (χ3v) is 7.14. The maximum Gasteiger partial charge on any atom is 0.295 e. The molecule has 1 amide bonds. The van der Waals surface area contributed by atoms with Crippen molar-refractivity contribution in [3.63, 3.8) is 0 Å². The zero-order chi connectivity index (χ0) is 19.8. The molecular formula is C17H18BrN3O4S2.